The Labute approximate surface area is 123 Å². The molecule has 1 amide bonds. The van der Waals surface area contributed by atoms with E-state index >= 15 is 0 Å². The summed E-state index contributed by atoms with van der Waals surface area (Å²) in [4.78, 5) is 16.7. The van der Waals surface area contributed by atoms with Gasteiger partial charge in [0.2, 0.25) is 0 Å². The molecule has 0 saturated carbocycles. The van der Waals surface area contributed by atoms with E-state index in [1.54, 1.807) is 13.1 Å². The van der Waals surface area contributed by atoms with Crippen LogP contribution in [0.25, 0.3) is 10.9 Å². The number of benzene rings is 2. The van der Waals surface area contributed by atoms with Crippen molar-refractivity contribution in [2.24, 2.45) is 0 Å². The molecule has 4 nitrogen and oxygen atoms in total. The lowest BCUT2D eigenvalue weighted by atomic mass is 10.2. The maximum absolute atomic E-state index is 12.2. The lowest BCUT2D eigenvalue weighted by Crippen LogP contribution is -2.29. The van der Waals surface area contributed by atoms with Gasteiger partial charge in [0.05, 0.1) is 0 Å². The Morgan fingerprint density at radius 1 is 1.10 bits per heavy atom. The molecule has 0 radical (unpaired) electrons. The highest BCUT2D eigenvalue weighted by atomic mass is 16.6. The fraction of sp³-hybridized carbons (Fsp3) is 0.118. The molecule has 0 bridgehead atoms. The minimum Gasteiger partial charge on any atom is -0.410 e. The number of carbonyl (C=O) groups excluding carboxylic acids is 1. The zero-order valence-corrected chi connectivity index (χ0v) is 12.0. The number of ether oxygens (including phenoxy) is 1. The first-order chi connectivity index (χ1) is 10.1. The minimum atomic E-state index is -0.412. The van der Waals surface area contributed by atoms with Gasteiger partial charge in [-0.15, -0.1) is 0 Å². The Morgan fingerprint density at radius 2 is 1.86 bits per heavy atom. The number of amides is 1. The van der Waals surface area contributed by atoms with Crippen molar-refractivity contribution in [3.63, 3.8) is 0 Å². The molecule has 0 unspecified atom stereocenters. The SMILES string of the molecule is Cc1ccc(N(C)C(=O)Oc2ccc3cc[nH]c3c2)cc1. The number of hydrogen-bond donors (Lipinski definition) is 1. The highest BCUT2D eigenvalue weighted by molar-refractivity contribution is 5.89. The number of nitrogens with zero attached hydrogens (tertiary/aromatic N) is 1. The maximum Gasteiger partial charge on any atom is 0.419 e. The summed E-state index contributed by atoms with van der Waals surface area (Å²) in [5.74, 6) is 0.522. The van der Waals surface area contributed by atoms with E-state index in [1.165, 1.54) is 4.90 Å². The Bertz CT molecular complexity index is 775. The lowest BCUT2D eigenvalue weighted by molar-refractivity contribution is 0.209. The molecule has 0 aliphatic carbocycles. The average Bonchev–Trinajstić information content (AvgIpc) is 2.95. The van der Waals surface area contributed by atoms with Gasteiger partial charge in [-0.2, -0.15) is 0 Å². The van der Waals surface area contributed by atoms with Crippen LogP contribution in [0, 0.1) is 6.92 Å². The quantitative estimate of drug-likeness (QED) is 0.767. The zero-order valence-electron chi connectivity index (χ0n) is 12.0. The molecular weight excluding hydrogens is 264 g/mol. The molecule has 2 aromatic carbocycles. The van der Waals surface area contributed by atoms with Crippen molar-refractivity contribution in [3.05, 3.63) is 60.3 Å². The molecule has 0 fully saturated rings. The van der Waals surface area contributed by atoms with Crippen molar-refractivity contribution in [1.29, 1.82) is 0 Å². The Kier molecular flexibility index (Phi) is 3.36. The van der Waals surface area contributed by atoms with Gasteiger partial charge in [0.15, 0.2) is 0 Å². The highest BCUT2D eigenvalue weighted by Crippen LogP contribution is 2.21. The van der Waals surface area contributed by atoms with Gasteiger partial charge in [-0.1, -0.05) is 17.7 Å². The third-order valence-corrected chi connectivity index (χ3v) is 3.43. The number of nitrogens with one attached hydrogen (secondary N) is 1. The van der Waals surface area contributed by atoms with E-state index in [1.807, 2.05) is 55.6 Å². The average molecular weight is 280 g/mol. The van der Waals surface area contributed by atoms with Crippen LogP contribution in [-0.4, -0.2) is 18.1 Å². The van der Waals surface area contributed by atoms with Gasteiger partial charge in [-0.3, -0.25) is 4.90 Å². The van der Waals surface area contributed by atoms with Crippen molar-refractivity contribution in [3.8, 4) is 5.75 Å². The van der Waals surface area contributed by atoms with Crippen LogP contribution in [-0.2, 0) is 0 Å². The molecule has 1 aromatic heterocycles. The van der Waals surface area contributed by atoms with E-state index in [0.29, 0.717) is 5.75 Å². The molecule has 0 spiro atoms. The van der Waals surface area contributed by atoms with Crippen molar-refractivity contribution >= 4 is 22.7 Å². The molecule has 0 aliphatic rings. The summed E-state index contributed by atoms with van der Waals surface area (Å²) in [6.07, 6.45) is 1.44. The molecule has 1 heterocycles. The largest absolute Gasteiger partial charge is 0.419 e. The van der Waals surface area contributed by atoms with Crippen LogP contribution < -0.4 is 9.64 Å². The highest BCUT2D eigenvalue weighted by Gasteiger charge is 2.13. The second-order valence-electron chi connectivity index (χ2n) is 4.99. The summed E-state index contributed by atoms with van der Waals surface area (Å²) in [6.45, 7) is 2.01. The van der Waals surface area contributed by atoms with Crippen LogP contribution in [0.1, 0.15) is 5.56 Å². The second kappa shape index (κ2) is 5.32. The smallest absolute Gasteiger partial charge is 0.410 e. The zero-order chi connectivity index (χ0) is 14.8. The molecular formula is C17H16N2O2. The summed E-state index contributed by atoms with van der Waals surface area (Å²) in [5, 5.41) is 1.08. The number of H-pyrrole nitrogens is 1. The number of hydrogen-bond acceptors (Lipinski definition) is 2. The van der Waals surface area contributed by atoms with Crippen molar-refractivity contribution in [1.82, 2.24) is 4.98 Å². The van der Waals surface area contributed by atoms with Gasteiger partial charge < -0.3 is 9.72 Å². The van der Waals surface area contributed by atoms with E-state index in [9.17, 15) is 4.79 Å². The number of fused-ring (bicyclic) bond motifs is 1. The normalized spacial score (nSPS) is 10.6. The molecule has 3 aromatic rings. The Morgan fingerprint density at radius 3 is 2.62 bits per heavy atom. The summed E-state index contributed by atoms with van der Waals surface area (Å²) < 4.78 is 5.41. The monoisotopic (exact) mass is 280 g/mol. The summed E-state index contributed by atoms with van der Waals surface area (Å²) in [6, 6.07) is 15.2. The fourth-order valence-corrected chi connectivity index (χ4v) is 2.13. The molecule has 3 rings (SSSR count). The van der Waals surface area contributed by atoms with Crippen LogP contribution in [0.5, 0.6) is 5.75 Å². The number of aryl methyl sites for hydroxylation is 1. The van der Waals surface area contributed by atoms with Gasteiger partial charge in [-0.05, 0) is 42.6 Å². The van der Waals surface area contributed by atoms with Crippen LogP contribution in [0.4, 0.5) is 10.5 Å². The van der Waals surface area contributed by atoms with Crippen LogP contribution in [0.3, 0.4) is 0 Å². The first kappa shape index (κ1) is 13.2. The van der Waals surface area contributed by atoms with Gasteiger partial charge in [0.25, 0.3) is 0 Å². The van der Waals surface area contributed by atoms with E-state index in [0.717, 1.165) is 22.2 Å². The first-order valence-electron chi connectivity index (χ1n) is 6.73. The van der Waals surface area contributed by atoms with Crippen LogP contribution in [0.15, 0.2) is 54.7 Å². The molecule has 106 valence electrons. The molecule has 0 aliphatic heterocycles. The van der Waals surface area contributed by atoms with E-state index in [2.05, 4.69) is 4.98 Å². The number of rotatable bonds is 2. The maximum atomic E-state index is 12.2. The number of anilines is 1. The lowest BCUT2D eigenvalue weighted by Gasteiger charge is -2.17. The van der Waals surface area contributed by atoms with E-state index in [-0.39, 0.29) is 0 Å². The fourth-order valence-electron chi connectivity index (χ4n) is 2.13. The molecule has 21 heavy (non-hydrogen) atoms. The molecule has 0 atom stereocenters. The second-order valence-corrected chi connectivity index (χ2v) is 4.99. The van der Waals surface area contributed by atoms with E-state index in [4.69, 9.17) is 4.74 Å². The molecule has 0 saturated heterocycles. The van der Waals surface area contributed by atoms with Crippen LogP contribution >= 0.6 is 0 Å². The number of aromatic nitrogens is 1. The number of aromatic amines is 1. The van der Waals surface area contributed by atoms with Gasteiger partial charge >= 0.3 is 6.09 Å². The summed E-state index contributed by atoms with van der Waals surface area (Å²) in [7, 11) is 1.69. The Balaban J connectivity index is 1.77. The predicted molar refractivity (Wildman–Crippen MR) is 83.9 cm³/mol. The Hall–Kier alpha value is -2.75. The molecule has 4 heteroatoms. The van der Waals surface area contributed by atoms with Crippen molar-refractivity contribution in [2.45, 2.75) is 6.92 Å². The van der Waals surface area contributed by atoms with Crippen molar-refractivity contribution in [2.75, 3.05) is 11.9 Å². The van der Waals surface area contributed by atoms with E-state index < -0.39 is 6.09 Å². The van der Waals surface area contributed by atoms with Crippen LogP contribution in [0.2, 0.25) is 0 Å². The van der Waals surface area contributed by atoms with Gasteiger partial charge in [-0.25, -0.2) is 4.79 Å². The summed E-state index contributed by atoms with van der Waals surface area (Å²) >= 11 is 0. The van der Waals surface area contributed by atoms with Crippen molar-refractivity contribution < 1.29 is 9.53 Å². The standard InChI is InChI=1S/C17H16N2O2/c1-12-3-6-14(7-4-12)19(2)17(20)21-15-8-5-13-9-10-18-16(13)11-15/h3-11,18H,1-2H3. The summed E-state index contributed by atoms with van der Waals surface area (Å²) in [5.41, 5.74) is 2.89. The minimum absolute atomic E-state index is 0.412. The third-order valence-electron chi connectivity index (χ3n) is 3.43. The third kappa shape index (κ3) is 2.74. The van der Waals surface area contributed by atoms with Gasteiger partial charge in [0, 0.05) is 30.5 Å². The number of carbonyl (C=O) groups is 1. The first-order valence-corrected chi connectivity index (χ1v) is 6.73. The van der Waals surface area contributed by atoms with Gasteiger partial charge in [0.1, 0.15) is 5.75 Å². The molecule has 1 N–H and O–H groups in total. The topological polar surface area (TPSA) is 45.3 Å². The predicted octanol–water partition coefficient (Wildman–Crippen LogP) is 4.11.